The van der Waals surface area contributed by atoms with Crippen molar-refractivity contribution in [3.63, 3.8) is 0 Å². The Bertz CT molecular complexity index is 1170. The summed E-state index contributed by atoms with van der Waals surface area (Å²) in [4.78, 5) is 12.9. The van der Waals surface area contributed by atoms with Gasteiger partial charge in [-0.2, -0.15) is 0 Å². The molecule has 0 unspecified atom stereocenters. The molecule has 0 aliphatic rings. The van der Waals surface area contributed by atoms with Gasteiger partial charge in [0.25, 0.3) is 0 Å². The van der Waals surface area contributed by atoms with Crippen molar-refractivity contribution < 1.29 is 22.7 Å². The Labute approximate surface area is 176 Å². The monoisotopic (exact) mass is 430 g/mol. The first-order chi connectivity index (χ1) is 14.3. The highest BCUT2D eigenvalue weighted by atomic mass is 32.2. The standard InChI is InChI=1S/C22H26N2O5S/c1-16-14-23(19-10-6-5-9-18(16)19)13-12-21(25)24(30(4,26)27)15-17-8-7-11-20(28-2)22(17)29-3/h5-11,14H,12-13,15H2,1-4H3. The summed E-state index contributed by atoms with van der Waals surface area (Å²) < 4.78 is 38.3. The molecule has 0 saturated carbocycles. The number of aryl methyl sites for hydroxylation is 2. The summed E-state index contributed by atoms with van der Waals surface area (Å²) in [5.74, 6) is 0.413. The molecule has 0 aliphatic heterocycles. The molecule has 7 nitrogen and oxygen atoms in total. The minimum atomic E-state index is -3.77. The van der Waals surface area contributed by atoms with Crippen molar-refractivity contribution in [2.24, 2.45) is 0 Å². The van der Waals surface area contributed by atoms with Gasteiger partial charge in [-0.25, -0.2) is 12.7 Å². The molecule has 0 N–H and O–H groups in total. The van der Waals surface area contributed by atoms with Crippen LogP contribution in [0.2, 0.25) is 0 Å². The number of rotatable bonds is 8. The molecule has 160 valence electrons. The van der Waals surface area contributed by atoms with Crippen molar-refractivity contribution in [2.75, 3.05) is 20.5 Å². The first-order valence-corrected chi connectivity index (χ1v) is 11.4. The smallest absolute Gasteiger partial charge is 0.238 e. The topological polar surface area (TPSA) is 77.8 Å². The summed E-state index contributed by atoms with van der Waals surface area (Å²) in [5, 5.41) is 1.12. The number of hydrogen-bond acceptors (Lipinski definition) is 5. The number of carbonyl (C=O) groups excluding carboxylic acids is 1. The number of benzene rings is 2. The molecule has 0 saturated heterocycles. The number of fused-ring (bicyclic) bond motifs is 1. The Morgan fingerprint density at radius 3 is 2.47 bits per heavy atom. The van der Waals surface area contributed by atoms with E-state index in [1.54, 1.807) is 18.2 Å². The van der Waals surface area contributed by atoms with Crippen LogP contribution in [0.25, 0.3) is 10.9 Å². The van der Waals surface area contributed by atoms with Crippen molar-refractivity contribution in [1.82, 2.24) is 8.87 Å². The zero-order valence-electron chi connectivity index (χ0n) is 17.6. The third-order valence-electron chi connectivity index (χ3n) is 5.03. The number of aromatic nitrogens is 1. The molecule has 0 radical (unpaired) electrons. The number of sulfonamides is 1. The van der Waals surface area contributed by atoms with Crippen molar-refractivity contribution in [3.8, 4) is 11.5 Å². The van der Waals surface area contributed by atoms with Crippen molar-refractivity contribution in [2.45, 2.75) is 26.4 Å². The Hall–Kier alpha value is -3.00. The number of methoxy groups -OCH3 is 2. The van der Waals surface area contributed by atoms with Crippen LogP contribution in [-0.4, -0.2) is 43.7 Å². The lowest BCUT2D eigenvalue weighted by Gasteiger charge is -2.22. The van der Waals surface area contributed by atoms with Crippen LogP contribution in [0.3, 0.4) is 0 Å². The predicted octanol–water partition coefficient (Wildman–Crippen LogP) is 3.35. The number of para-hydroxylation sites is 2. The molecular formula is C22H26N2O5S. The van der Waals surface area contributed by atoms with E-state index in [1.165, 1.54) is 14.2 Å². The fourth-order valence-electron chi connectivity index (χ4n) is 3.58. The third kappa shape index (κ3) is 4.43. The van der Waals surface area contributed by atoms with Gasteiger partial charge in [0.05, 0.1) is 27.0 Å². The van der Waals surface area contributed by atoms with Gasteiger partial charge >= 0.3 is 0 Å². The van der Waals surface area contributed by atoms with Crippen molar-refractivity contribution in [3.05, 3.63) is 59.8 Å². The summed E-state index contributed by atoms with van der Waals surface area (Å²) in [6, 6.07) is 13.1. The Balaban J connectivity index is 1.84. The highest BCUT2D eigenvalue weighted by Crippen LogP contribution is 2.32. The van der Waals surface area contributed by atoms with E-state index in [0.717, 1.165) is 27.0 Å². The number of carbonyl (C=O) groups is 1. The van der Waals surface area contributed by atoms with Gasteiger partial charge in [-0.15, -0.1) is 0 Å². The van der Waals surface area contributed by atoms with Gasteiger partial charge in [-0.05, 0) is 24.6 Å². The van der Waals surface area contributed by atoms with E-state index in [9.17, 15) is 13.2 Å². The lowest BCUT2D eigenvalue weighted by atomic mass is 10.2. The number of ether oxygens (including phenoxy) is 2. The van der Waals surface area contributed by atoms with E-state index < -0.39 is 15.9 Å². The van der Waals surface area contributed by atoms with E-state index in [1.807, 2.05) is 42.0 Å². The quantitative estimate of drug-likeness (QED) is 0.548. The van der Waals surface area contributed by atoms with E-state index in [0.29, 0.717) is 23.6 Å². The first-order valence-electron chi connectivity index (χ1n) is 9.51. The molecule has 2 aromatic carbocycles. The molecule has 0 bridgehead atoms. The van der Waals surface area contributed by atoms with Crippen LogP contribution in [0.1, 0.15) is 17.5 Å². The normalized spacial score (nSPS) is 11.5. The molecule has 1 aromatic heterocycles. The molecule has 0 spiro atoms. The summed E-state index contributed by atoms with van der Waals surface area (Å²) in [6.45, 7) is 2.27. The average molecular weight is 431 g/mol. The van der Waals surface area contributed by atoms with Crippen LogP contribution in [0.4, 0.5) is 0 Å². The summed E-state index contributed by atoms with van der Waals surface area (Å²) in [6.07, 6.45) is 3.07. The minimum Gasteiger partial charge on any atom is -0.493 e. The van der Waals surface area contributed by atoms with Gasteiger partial charge in [0.15, 0.2) is 11.5 Å². The van der Waals surface area contributed by atoms with Crippen LogP contribution in [-0.2, 0) is 27.9 Å². The predicted molar refractivity (Wildman–Crippen MR) is 116 cm³/mol. The maximum Gasteiger partial charge on any atom is 0.238 e. The highest BCUT2D eigenvalue weighted by molar-refractivity contribution is 7.88. The summed E-state index contributed by atoms with van der Waals surface area (Å²) in [7, 11) is -0.786. The maximum atomic E-state index is 12.9. The molecule has 30 heavy (non-hydrogen) atoms. The molecule has 1 amide bonds. The molecule has 8 heteroatoms. The van der Waals surface area contributed by atoms with Crippen LogP contribution in [0, 0.1) is 6.92 Å². The van der Waals surface area contributed by atoms with Gasteiger partial charge in [0.1, 0.15) is 0 Å². The van der Waals surface area contributed by atoms with E-state index >= 15 is 0 Å². The number of amides is 1. The Morgan fingerprint density at radius 2 is 1.80 bits per heavy atom. The molecular weight excluding hydrogens is 404 g/mol. The lowest BCUT2D eigenvalue weighted by Crippen LogP contribution is -2.36. The SMILES string of the molecule is COc1cccc(CN(C(=O)CCn2cc(C)c3ccccc32)S(C)(=O)=O)c1OC. The molecule has 0 aliphatic carbocycles. The molecule has 3 aromatic rings. The minimum absolute atomic E-state index is 0.0530. The second kappa shape index (κ2) is 8.79. The van der Waals surface area contributed by atoms with E-state index in [2.05, 4.69) is 0 Å². The lowest BCUT2D eigenvalue weighted by molar-refractivity contribution is -0.127. The van der Waals surface area contributed by atoms with Gasteiger partial charge in [0, 0.05) is 35.6 Å². The Morgan fingerprint density at radius 1 is 1.07 bits per heavy atom. The van der Waals surface area contributed by atoms with Crippen LogP contribution in [0.5, 0.6) is 11.5 Å². The molecule has 1 heterocycles. The van der Waals surface area contributed by atoms with Crippen molar-refractivity contribution >= 4 is 26.8 Å². The van der Waals surface area contributed by atoms with Gasteiger partial charge < -0.3 is 14.0 Å². The average Bonchev–Trinajstić information content (AvgIpc) is 3.05. The zero-order chi connectivity index (χ0) is 21.9. The van der Waals surface area contributed by atoms with Gasteiger partial charge in [-0.1, -0.05) is 30.3 Å². The van der Waals surface area contributed by atoms with E-state index in [-0.39, 0.29) is 13.0 Å². The molecule has 0 fully saturated rings. The fourth-order valence-corrected chi connectivity index (χ4v) is 4.41. The maximum absolute atomic E-state index is 12.9. The second-order valence-electron chi connectivity index (χ2n) is 7.09. The van der Waals surface area contributed by atoms with E-state index in [4.69, 9.17) is 9.47 Å². The highest BCUT2D eigenvalue weighted by Gasteiger charge is 2.25. The summed E-state index contributed by atoms with van der Waals surface area (Å²) in [5.41, 5.74) is 2.68. The number of nitrogens with zero attached hydrogens (tertiary/aromatic N) is 2. The zero-order valence-corrected chi connectivity index (χ0v) is 18.4. The van der Waals surface area contributed by atoms with Crippen molar-refractivity contribution in [1.29, 1.82) is 0 Å². The van der Waals surface area contributed by atoms with Gasteiger partial charge in [-0.3, -0.25) is 4.79 Å². The third-order valence-corrected chi connectivity index (χ3v) is 6.16. The van der Waals surface area contributed by atoms with Gasteiger partial charge in [0.2, 0.25) is 15.9 Å². The Kier molecular flexibility index (Phi) is 6.36. The summed E-state index contributed by atoms with van der Waals surface area (Å²) >= 11 is 0. The number of hydrogen-bond donors (Lipinski definition) is 0. The fraction of sp³-hybridized carbons (Fsp3) is 0.318. The largest absolute Gasteiger partial charge is 0.493 e. The van der Waals surface area contributed by atoms with Crippen LogP contribution < -0.4 is 9.47 Å². The second-order valence-corrected chi connectivity index (χ2v) is 9.00. The first kappa shape index (κ1) is 21.7. The van der Waals surface area contributed by atoms with Crippen LogP contribution >= 0.6 is 0 Å². The molecule has 3 rings (SSSR count). The molecule has 0 atom stereocenters. The van der Waals surface area contributed by atoms with Crippen LogP contribution in [0.15, 0.2) is 48.7 Å².